The number of unbranched alkanes of at least 4 members (excludes halogenated alkanes) is 4. The minimum Gasteiger partial charge on any atom is -0.508 e. The molecular weight excluding hydrogens is 232 g/mol. The second-order valence-corrected chi connectivity index (χ2v) is 4.48. The van der Waals surface area contributed by atoms with Gasteiger partial charge < -0.3 is 9.52 Å². The van der Waals surface area contributed by atoms with Crippen molar-refractivity contribution in [3.8, 4) is 5.75 Å². The fourth-order valence-corrected chi connectivity index (χ4v) is 1.81. The standard InChI is InChI=1S/C14H20O4/c1-2-3-4-5-6-7-11(15)8-13-9-12(16)10-14(17)18-13/h9-10,16H,2-8H2,1H3. The van der Waals surface area contributed by atoms with Crippen molar-refractivity contribution in [2.24, 2.45) is 0 Å². The van der Waals surface area contributed by atoms with Gasteiger partial charge in [-0.15, -0.1) is 0 Å². The normalized spacial score (nSPS) is 10.5. The lowest BCUT2D eigenvalue weighted by Crippen LogP contribution is -2.06. The van der Waals surface area contributed by atoms with Crippen molar-refractivity contribution < 1.29 is 14.3 Å². The maximum Gasteiger partial charge on any atom is 0.339 e. The van der Waals surface area contributed by atoms with E-state index in [0.29, 0.717) is 6.42 Å². The van der Waals surface area contributed by atoms with Crippen LogP contribution in [0.2, 0.25) is 0 Å². The fourth-order valence-electron chi connectivity index (χ4n) is 1.81. The lowest BCUT2D eigenvalue weighted by molar-refractivity contribution is -0.118. The summed E-state index contributed by atoms with van der Waals surface area (Å²) in [7, 11) is 0. The highest BCUT2D eigenvalue weighted by atomic mass is 16.4. The van der Waals surface area contributed by atoms with Gasteiger partial charge in [0.05, 0.1) is 12.5 Å². The third-order valence-corrected chi connectivity index (χ3v) is 2.74. The first-order chi connectivity index (χ1) is 8.61. The van der Waals surface area contributed by atoms with Crippen LogP contribution in [0.4, 0.5) is 0 Å². The van der Waals surface area contributed by atoms with Crippen LogP contribution in [-0.4, -0.2) is 10.9 Å². The molecule has 0 unspecified atom stereocenters. The molecule has 1 heterocycles. The molecule has 1 aromatic rings. The van der Waals surface area contributed by atoms with E-state index in [0.717, 1.165) is 25.3 Å². The lowest BCUT2D eigenvalue weighted by atomic mass is 10.1. The van der Waals surface area contributed by atoms with Gasteiger partial charge in [0.2, 0.25) is 0 Å². The molecule has 0 spiro atoms. The predicted molar refractivity (Wildman–Crippen MR) is 68.7 cm³/mol. The molecule has 0 aliphatic carbocycles. The number of ketones is 1. The largest absolute Gasteiger partial charge is 0.508 e. The second-order valence-electron chi connectivity index (χ2n) is 4.48. The summed E-state index contributed by atoms with van der Waals surface area (Å²) in [6.45, 7) is 2.15. The zero-order chi connectivity index (χ0) is 13.4. The number of rotatable bonds is 8. The van der Waals surface area contributed by atoms with Crippen LogP contribution in [0.1, 0.15) is 51.2 Å². The molecule has 0 aliphatic rings. The van der Waals surface area contributed by atoms with Gasteiger partial charge in [0.1, 0.15) is 17.3 Å². The molecule has 0 saturated carbocycles. The van der Waals surface area contributed by atoms with Crippen LogP contribution < -0.4 is 5.63 Å². The van der Waals surface area contributed by atoms with Gasteiger partial charge in [-0.25, -0.2) is 4.79 Å². The molecule has 100 valence electrons. The Morgan fingerprint density at radius 2 is 1.94 bits per heavy atom. The molecule has 4 heteroatoms. The molecule has 1 aromatic heterocycles. The van der Waals surface area contributed by atoms with Crippen molar-refractivity contribution in [3.63, 3.8) is 0 Å². The molecule has 0 saturated heterocycles. The van der Waals surface area contributed by atoms with E-state index in [4.69, 9.17) is 4.42 Å². The maximum atomic E-state index is 11.6. The number of hydrogen-bond acceptors (Lipinski definition) is 4. The topological polar surface area (TPSA) is 67.5 Å². The number of carbonyl (C=O) groups excluding carboxylic acids is 1. The van der Waals surface area contributed by atoms with Crippen LogP contribution >= 0.6 is 0 Å². The molecule has 0 aromatic carbocycles. The van der Waals surface area contributed by atoms with Crippen molar-refractivity contribution in [1.29, 1.82) is 0 Å². The first-order valence-electron chi connectivity index (χ1n) is 6.46. The van der Waals surface area contributed by atoms with Crippen molar-refractivity contribution in [3.05, 3.63) is 28.3 Å². The number of carbonyl (C=O) groups is 1. The van der Waals surface area contributed by atoms with Crippen LogP contribution in [0.25, 0.3) is 0 Å². The Balaban J connectivity index is 2.33. The third-order valence-electron chi connectivity index (χ3n) is 2.74. The van der Waals surface area contributed by atoms with Crippen LogP contribution in [0.15, 0.2) is 21.3 Å². The first-order valence-corrected chi connectivity index (χ1v) is 6.46. The van der Waals surface area contributed by atoms with Gasteiger partial charge in [0.15, 0.2) is 0 Å². The average molecular weight is 252 g/mol. The Kier molecular flexibility index (Phi) is 6.19. The second kappa shape index (κ2) is 7.69. The zero-order valence-corrected chi connectivity index (χ0v) is 10.8. The fraction of sp³-hybridized carbons (Fsp3) is 0.571. The van der Waals surface area contributed by atoms with Crippen molar-refractivity contribution in [1.82, 2.24) is 0 Å². The van der Waals surface area contributed by atoms with Crippen LogP contribution in [0, 0.1) is 0 Å². The molecular formula is C14H20O4. The van der Waals surface area contributed by atoms with Crippen molar-refractivity contribution in [2.75, 3.05) is 0 Å². The Bertz CT molecular complexity index is 434. The molecule has 18 heavy (non-hydrogen) atoms. The summed E-state index contributed by atoms with van der Waals surface area (Å²) in [4.78, 5) is 22.6. The minimum atomic E-state index is -0.624. The smallest absolute Gasteiger partial charge is 0.339 e. The van der Waals surface area contributed by atoms with Gasteiger partial charge in [0.25, 0.3) is 0 Å². The van der Waals surface area contributed by atoms with E-state index >= 15 is 0 Å². The summed E-state index contributed by atoms with van der Waals surface area (Å²) in [5.41, 5.74) is -0.624. The number of aromatic hydroxyl groups is 1. The highest BCUT2D eigenvalue weighted by Gasteiger charge is 2.07. The minimum absolute atomic E-state index is 0.0419. The highest BCUT2D eigenvalue weighted by molar-refractivity contribution is 5.80. The average Bonchev–Trinajstić information content (AvgIpc) is 2.27. The van der Waals surface area contributed by atoms with E-state index in [1.54, 1.807) is 0 Å². The Hall–Kier alpha value is -1.58. The summed E-state index contributed by atoms with van der Waals surface area (Å²) in [6, 6.07) is 2.30. The lowest BCUT2D eigenvalue weighted by Gasteiger charge is -2.01. The Labute approximate surface area is 107 Å². The number of Topliss-reactive ketones (excluding diaryl/α,β-unsaturated/α-hetero) is 1. The Morgan fingerprint density at radius 3 is 2.61 bits per heavy atom. The molecule has 0 bridgehead atoms. The molecule has 0 atom stereocenters. The van der Waals surface area contributed by atoms with Crippen LogP contribution in [0.3, 0.4) is 0 Å². The summed E-state index contributed by atoms with van der Waals surface area (Å²) in [5, 5.41) is 9.21. The summed E-state index contributed by atoms with van der Waals surface area (Å²) < 4.78 is 4.84. The summed E-state index contributed by atoms with van der Waals surface area (Å²) in [5.74, 6) is 0.121. The zero-order valence-electron chi connectivity index (χ0n) is 10.8. The summed E-state index contributed by atoms with van der Waals surface area (Å²) in [6.07, 6.45) is 6.06. The van der Waals surface area contributed by atoms with Crippen molar-refractivity contribution >= 4 is 5.78 Å². The van der Waals surface area contributed by atoms with Gasteiger partial charge in [-0.2, -0.15) is 0 Å². The molecule has 0 fully saturated rings. The SMILES string of the molecule is CCCCCCCC(=O)Cc1cc(O)cc(=O)o1. The number of hydrogen-bond donors (Lipinski definition) is 1. The third kappa shape index (κ3) is 5.66. The van der Waals surface area contributed by atoms with E-state index in [2.05, 4.69) is 6.92 Å². The highest BCUT2D eigenvalue weighted by Crippen LogP contribution is 2.11. The molecule has 0 radical (unpaired) electrons. The van der Waals surface area contributed by atoms with Crippen LogP contribution in [-0.2, 0) is 11.2 Å². The quantitative estimate of drug-likeness (QED) is 0.722. The van der Waals surface area contributed by atoms with Gasteiger partial charge in [-0.1, -0.05) is 32.6 Å². The van der Waals surface area contributed by atoms with E-state index in [1.165, 1.54) is 18.9 Å². The molecule has 0 amide bonds. The van der Waals surface area contributed by atoms with Gasteiger partial charge in [0, 0.05) is 12.5 Å². The molecule has 0 aliphatic heterocycles. The van der Waals surface area contributed by atoms with E-state index in [1.807, 2.05) is 0 Å². The van der Waals surface area contributed by atoms with Crippen molar-refractivity contribution in [2.45, 2.75) is 51.9 Å². The van der Waals surface area contributed by atoms with E-state index in [9.17, 15) is 14.7 Å². The van der Waals surface area contributed by atoms with Crippen LogP contribution in [0.5, 0.6) is 5.75 Å². The van der Waals surface area contributed by atoms with Gasteiger partial charge in [-0.05, 0) is 6.42 Å². The predicted octanol–water partition coefficient (Wildman–Crippen LogP) is 2.82. The molecule has 1 rings (SSSR count). The monoisotopic (exact) mass is 252 g/mol. The summed E-state index contributed by atoms with van der Waals surface area (Å²) >= 11 is 0. The molecule has 4 nitrogen and oxygen atoms in total. The molecule has 1 N–H and O–H groups in total. The van der Waals surface area contributed by atoms with Gasteiger partial charge in [-0.3, -0.25) is 4.79 Å². The Morgan fingerprint density at radius 1 is 1.22 bits per heavy atom. The van der Waals surface area contributed by atoms with Gasteiger partial charge >= 0.3 is 5.63 Å². The van der Waals surface area contributed by atoms with E-state index < -0.39 is 5.63 Å². The van der Waals surface area contributed by atoms with E-state index in [-0.39, 0.29) is 23.7 Å². The maximum absolute atomic E-state index is 11.6. The first kappa shape index (κ1) is 14.5.